The molecule has 2 atom stereocenters. The SMILES string of the molecule is Cc1cc[nH]c1C(=O)N1CCO[C@@H]2CCN(C)C[C@H]21. The number of hydrogen-bond donors (Lipinski definition) is 1. The lowest BCUT2D eigenvalue weighted by Gasteiger charge is -2.46. The van der Waals surface area contributed by atoms with Crippen molar-refractivity contribution in [2.24, 2.45) is 0 Å². The third-order valence-corrected chi connectivity index (χ3v) is 4.22. The highest BCUT2D eigenvalue weighted by atomic mass is 16.5. The van der Waals surface area contributed by atoms with Gasteiger partial charge < -0.3 is 19.5 Å². The van der Waals surface area contributed by atoms with Gasteiger partial charge in [-0.3, -0.25) is 4.79 Å². The Hall–Kier alpha value is -1.33. The van der Waals surface area contributed by atoms with Crippen molar-refractivity contribution < 1.29 is 9.53 Å². The molecule has 3 rings (SSSR count). The van der Waals surface area contributed by atoms with Crippen LogP contribution in [-0.2, 0) is 4.74 Å². The molecule has 1 aromatic heterocycles. The Morgan fingerprint density at radius 1 is 1.47 bits per heavy atom. The van der Waals surface area contributed by atoms with Crippen LogP contribution in [0, 0.1) is 6.92 Å². The fraction of sp³-hybridized carbons (Fsp3) is 0.643. The van der Waals surface area contributed by atoms with Gasteiger partial charge in [0.1, 0.15) is 5.69 Å². The van der Waals surface area contributed by atoms with E-state index < -0.39 is 0 Å². The number of ether oxygens (including phenoxy) is 1. The molecule has 1 N–H and O–H groups in total. The van der Waals surface area contributed by atoms with Gasteiger partial charge in [0.2, 0.25) is 0 Å². The lowest BCUT2D eigenvalue weighted by molar-refractivity contribution is -0.0871. The number of rotatable bonds is 1. The Bertz CT molecular complexity index is 471. The molecule has 5 heteroatoms. The summed E-state index contributed by atoms with van der Waals surface area (Å²) < 4.78 is 5.83. The van der Waals surface area contributed by atoms with E-state index in [4.69, 9.17) is 4.74 Å². The molecule has 2 aliphatic heterocycles. The summed E-state index contributed by atoms with van der Waals surface area (Å²) in [5.74, 6) is 0.108. The third kappa shape index (κ3) is 2.28. The number of aromatic nitrogens is 1. The van der Waals surface area contributed by atoms with Gasteiger partial charge in [-0.15, -0.1) is 0 Å². The highest BCUT2D eigenvalue weighted by Gasteiger charge is 2.39. The summed E-state index contributed by atoms with van der Waals surface area (Å²) in [7, 11) is 2.10. The molecule has 1 amide bonds. The van der Waals surface area contributed by atoms with Gasteiger partial charge in [-0.05, 0) is 32.0 Å². The quantitative estimate of drug-likeness (QED) is 0.818. The Morgan fingerprint density at radius 3 is 3.05 bits per heavy atom. The van der Waals surface area contributed by atoms with E-state index in [1.165, 1.54) is 0 Å². The van der Waals surface area contributed by atoms with Crippen molar-refractivity contribution in [3.05, 3.63) is 23.5 Å². The average Bonchev–Trinajstić information content (AvgIpc) is 2.83. The molecule has 0 unspecified atom stereocenters. The van der Waals surface area contributed by atoms with Crippen LogP contribution in [-0.4, -0.2) is 66.1 Å². The van der Waals surface area contributed by atoms with Crippen molar-refractivity contribution in [3.63, 3.8) is 0 Å². The smallest absolute Gasteiger partial charge is 0.271 e. The van der Waals surface area contributed by atoms with Crippen LogP contribution in [0.3, 0.4) is 0 Å². The van der Waals surface area contributed by atoms with E-state index in [-0.39, 0.29) is 18.1 Å². The topological polar surface area (TPSA) is 48.6 Å². The van der Waals surface area contributed by atoms with E-state index in [9.17, 15) is 4.79 Å². The fourth-order valence-electron chi connectivity index (χ4n) is 3.10. The van der Waals surface area contributed by atoms with Crippen molar-refractivity contribution in [2.75, 3.05) is 33.3 Å². The number of nitrogens with one attached hydrogen (secondary N) is 1. The number of likely N-dealkylation sites (tertiary alicyclic amines) is 1. The Balaban J connectivity index is 1.82. The van der Waals surface area contributed by atoms with E-state index >= 15 is 0 Å². The summed E-state index contributed by atoms with van der Waals surface area (Å²) >= 11 is 0. The van der Waals surface area contributed by atoms with Gasteiger partial charge in [-0.25, -0.2) is 0 Å². The van der Waals surface area contributed by atoms with Crippen molar-refractivity contribution in [1.29, 1.82) is 0 Å². The van der Waals surface area contributed by atoms with Crippen LogP contribution < -0.4 is 0 Å². The van der Waals surface area contributed by atoms with Crippen molar-refractivity contribution >= 4 is 5.91 Å². The maximum absolute atomic E-state index is 12.7. The van der Waals surface area contributed by atoms with E-state index in [1.807, 2.05) is 24.1 Å². The second kappa shape index (κ2) is 4.98. The van der Waals surface area contributed by atoms with E-state index in [1.54, 1.807) is 0 Å². The normalized spacial score (nSPS) is 28.2. The summed E-state index contributed by atoms with van der Waals surface area (Å²) in [5.41, 5.74) is 1.73. The molecule has 2 fully saturated rings. The van der Waals surface area contributed by atoms with Crippen LogP contribution in [0.4, 0.5) is 0 Å². The minimum Gasteiger partial charge on any atom is -0.374 e. The summed E-state index contributed by atoms with van der Waals surface area (Å²) in [6.45, 7) is 5.25. The van der Waals surface area contributed by atoms with Gasteiger partial charge in [0, 0.05) is 25.8 Å². The number of hydrogen-bond acceptors (Lipinski definition) is 3. The van der Waals surface area contributed by atoms with Crippen LogP contribution in [0.1, 0.15) is 22.5 Å². The minimum absolute atomic E-state index is 0.108. The minimum atomic E-state index is 0.108. The fourth-order valence-corrected chi connectivity index (χ4v) is 3.10. The molecule has 5 nitrogen and oxygen atoms in total. The molecule has 2 saturated heterocycles. The number of H-pyrrole nitrogens is 1. The number of piperidine rings is 1. The van der Waals surface area contributed by atoms with E-state index in [0.29, 0.717) is 18.8 Å². The molecule has 0 aromatic carbocycles. The number of aryl methyl sites for hydroxylation is 1. The predicted molar refractivity (Wildman–Crippen MR) is 72.2 cm³/mol. The first-order valence-electron chi connectivity index (χ1n) is 6.92. The highest BCUT2D eigenvalue weighted by Crippen LogP contribution is 2.24. The lowest BCUT2D eigenvalue weighted by atomic mass is 9.98. The molecule has 0 aliphatic carbocycles. The van der Waals surface area contributed by atoms with Crippen LogP contribution in [0.2, 0.25) is 0 Å². The lowest BCUT2D eigenvalue weighted by Crippen LogP contribution is -2.60. The first-order valence-corrected chi connectivity index (χ1v) is 6.92. The number of carbonyl (C=O) groups excluding carboxylic acids is 1. The number of likely N-dealkylation sites (N-methyl/N-ethyl adjacent to an activating group) is 1. The van der Waals surface area contributed by atoms with E-state index in [0.717, 1.165) is 25.1 Å². The maximum atomic E-state index is 12.7. The number of nitrogens with zero attached hydrogens (tertiary/aromatic N) is 2. The summed E-state index contributed by atoms with van der Waals surface area (Å²) in [6.07, 6.45) is 3.03. The zero-order valence-electron chi connectivity index (χ0n) is 11.6. The van der Waals surface area contributed by atoms with Gasteiger partial charge >= 0.3 is 0 Å². The largest absolute Gasteiger partial charge is 0.374 e. The maximum Gasteiger partial charge on any atom is 0.271 e. The molecule has 104 valence electrons. The highest BCUT2D eigenvalue weighted by molar-refractivity contribution is 5.94. The molecule has 0 saturated carbocycles. The van der Waals surface area contributed by atoms with Gasteiger partial charge in [0.05, 0.1) is 18.8 Å². The summed E-state index contributed by atoms with van der Waals surface area (Å²) in [5, 5.41) is 0. The van der Waals surface area contributed by atoms with Gasteiger partial charge in [-0.2, -0.15) is 0 Å². The van der Waals surface area contributed by atoms with Crippen molar-refractivity contribution in [3.8, 4) is 0 Å². The number of aromatic amines is 1. The number of fused-ring (bicyclic) bond motifs is 1. The van der Waals surface area contributed by atoms with Crippen LogP contribution in [0.25, 0.3) is 0 Å². The van der Waals surface area contributed by atoms with Crippen LogP contribution >= 0.6 is 0 Å². The monoisotopic (exact) mass is 263 g/mol. The average molecular weight is 263 g/mol. The second-order valence-electron chi connectivity index (χ2n) is 5.56. The Kier molecular flexibility index (Phi) is 3.33. The van der Waals surface area contributed by atoms with E-state index in [2.05, 4.69) is 16.9 Å². The zero-order valence-corrected chi connectivity index (χ0v) is 11.6. The van der Waals surface area contributed by atoms with Gasteiger partial charge in [0.15, 0.2) is 0 Å². The number of carbonyl (C=O) groups is 1. The molecular weight excluding hydrogens is 242 g/mol. The van der Waals surface area contributed by atoms with Crippen LogP contribution in [0.5, 0.6) is 0 Å². The summed E-state index contributed by atoms with van der Waals surface area (Å²) in [6, 6.07) is 2.13. The molecule has 0 spiro atoms. The van der Waals surface area contributed by atoms with Crippen LogP contribution in [0.15, 0.2) is 12.3 Å². The third-order valence-electron chi connectivity index (χ3n) is 4.22. The standard InChI is InChI=1S/C14H21N3O2/c1-10-3-5-15-13(10)14(18)17-7-8-19-12-4-6-16(2)9-11(12)17/h3,5,11-12,15H,4,6-9H2,1-2H3/t11-,12-/m1/s1. The molecule has 3 heterocycles. The number of morpholine rings is 1. The van der Waals surface area contributed by atoms with Gasteiger partial charge in [0.25, 0.3) is 5.91 Å². The van der Waals surface area contributed by atoms with Crippen molar-refractivity contribution in [1.82, 2.24) is 14.8 Å². The number of amides is 1. The predicted octanol–water partition coefficient (Wildman–Crippen LogP) is 0.868. The molecular formula is C14H21N3O2. The Morgan fingerprint density at radius 2 is 2.32 bits per heavy atom. The zero-order chi connectivity index (χ0) is 13.4. The van der Waals surface area contributed by atoms with Crippen molar-refractivity contribution in [2.45, 2.75) is 25.5 Å². The first-order chi connectivity index (χ1) is 9.16. The first kappa shape index (κ1) is 12.7. The molecule has 1 aromatic rings. The second-order valence-corrected chi connectivity index (χ2v) is 5.56. The Labute approximate surface area is 113 Å². The molecule has 19 heavy (non-hydrogen) atoms. The molecule has 2 aliphatic rings. The molecule has 0 bridgehead atoms. The van der Waals surface area contributed by atoms with Gasteiger partial charge in [-0.1, -0.05) is 0 Å². The summed E-state index contributed by atoms with van der Waals surface area (Å²) in [4.78, 5) is 20.0. The molecule has 0 radical (unpaired) electrons.